The largest absolute Gasteiger partial charge is 0.310 e. The molecular formula is C20H29N5OS. The lowest BCUT2D eigenvalue weighted by Crippen LogP contribution is -2.49. The fourth-order valence-electron chi connectivity index (χ4n) is 4.13. The van der Waals surface area contributed by atoms with Crippen LogP contribution in [0.1, 0.15) is 36.6 Å². The van der Waals surface area contributed by atoms with E-state index in [-0.39, 0.29) is 5.91 Å². The minimum Gasteiger partial charge on any atom is -0.310 e. The molecule has 0 spiro atoms. The summed E-state index contributed by atoms with van der Waals surface area (Å²) in [5, 5.41) is 9.65. The van der Waals surface area contributed by atoms with Crippen LogP contribution in [0.5, 0.6) is 0 Å². The lowest BCUT2D eigenvalue weighted by atomic mass is 10.2. The number of rotatable bonds is 7. The van der Waals surface area contributed by atoms with Gasteiger partial charge in [0.25, 0.3) is 0 Å². The quantitative estimate of drug-likeness (QED) is 0.794. The maximum atomic E-state index is 12.5. The van der Waals surface area contributed by atoms with E-state index >= 15 is 0 Å². The molecule has 2 aromatic rings. The van der Waals surface area contributed by atoms with Crippen LogP contribution in [-0.4, -0.2) is 64.8 Å². The highest BCUT2D eigenvalue weighted by Crippen LogP contribution is 2.31. The summed E-state index contributed by atoms with van der Waals surface area (Å²) in [6, 6.07) is 6.69. The second kappa shape index (κ2) is 8.99. The molecule has 4 rings (SSSR count). The van der Waals surface area contributed by atoms with E-state index in [1.807, 2.05) is 22.1 Å². The van der Waals surface area contributed by atoms with Crippen molar-refractivity contribution in [3.05, 3.63) is 34.7 Å². The highest BCUT2D eigenvalue weighted by atomic mass is 32.1. The van der Waals surface area contributed by atoms with Crippen LogP contribution in [0.25, 0.3) is 0 Å². The Kier molecular flexibility index (Phi) is 6.21. The molecule has 2 aliphatic rings. The molecule has 0 unspecified atom stereocenters. The van der Waals surface area contributed by atoms with Gasteiger partial charge in [0.2, 0.25) is 5.91 Å². The number of hydrogen-bond acceptors (Lipinski definition) is 5. The first kappa shape index (κ1) is 18.7. The monoisotopic (exact) mass is 387 g/mol. The summed E-state index contributed by atoms with van der Waals surface area (Å²) >= 11 is 1.84. The Morgan fingerprint density at radius 1 is 1.15 bits per heavy atom. The van der Waals surface area contributed by atoms with Gasteiger partial charge in [0.15, 0.2) is 0 Å². The van der Waals surface area contributed by atoms with Crippen molar-refractivity contribution in [2.45, 2.75) is 38.1 Å². The number of piperazine rings is 1. The van der Waals surface area contributed by atoms with E-state index in [1.165, 1.54) is 17.7 Å². The maximum Gasteiger partial charge on any atom is 0.239 e. The zero-order valence-corrected chi connectivity index (χ0v) is 16.7. The molecule has 1 N–H and O–H groups in total. The number of carbonyl (C=O) groups is 1. The second-order valence-corrected chi connectivity index (χ2v) is 8.63. The summed E-state index contributed by atoms with van der Waals surface area (Å²) in [6.07, 6.45) is 7.77. The highest BCUT2D eigenvalue weighted by molar-refractivity contribution is 7.09. The van der Waals surface area contributed by atoms with Crippen molar-refractivity contribution in [1.29, 1.82) is 0 Å². The molecule has 6 nitrogen and oxygen atoms in total. The Morgan fingerprint density at radius 2 is 1.93 bits per heavy atom. The molecule has 0 radical (unpaired) electrons. The van der Waals surface area contributed by atoms with E-state index < -0.39 is 0 Å². The van der Waals surface area contributed by atoms with Gasteiger partial charge in [0.1, 0.15) is 5.82 Å². The van der Waals surface area contributed by atoms with Crippen LogP contribution in [-0.2, 0) is 11.2 Å². The molecule has 1 aliphatic carbocycles. The van der Waals surface area contributed by atoms with Gasteiger partial charge in [0, 0.05) is 43.7 Å². The molecule has 7 heteroatoms. The number of thiophene rings is 1. The number of anilines is 1. The molecular weight excluding hydrogens is 358 g/mol. The van der Waals surface area contributed by atoms with E-state index in [0.29, 0.717) is 12.6 Å². The third-order valence-corrected chi connectivity index (χ3v) is 6.63. The van der Waals surface area contributed by atoms with Crippen molar-refractivity contribution in [2.75, 3.05) is 44.6 Å². The van der Waals surface area contributed by atoms with E-state index in [1.54, 1.807) is 6.20 Å². The van der Waals surface area contributed by atoms with E-state index in [0.717, 1.165) is 57.8 Å². The first-order valence-electron chi connectivity index (χ1n) is 10.1. The maximum absolute atomic E-state index is 12.5. The molecule has 2 aromatic heterocycles. The molecule has 3 heterocycles. The zero-order valence-electron chi connectivity index (χ0n) is 15.8. The van der Waals surface area contributed by atoms with Gasteiger partial charge in [-0.05, 0) is 30.7 Å². The van der Waals surface area contributed by atoms with Gasteiger partial charge in [0.05, 0.1) is 18.8 Å². The molecule has 0 bridgehead atoms. The predicted molar refractivity (Wildman–Crippen MR) is 109 cm³/mol. The molecule has 1 aliphatic heterocycles. The molecule has 27 heavy (non-hydrogen) atoms. The van der Waals surface area contributed by atoms with Crippen LogP contribution in [0.3, 0.4) is 0 Å². The third kappa shape index (κ3) is 4.97. The smallest absolute Gasteiger partial charge is 0.239 e. The number of aromatic nitrogens is 2. The Labute approximate surface area is 165 Å². The Hall–Kier alpha value is -1.70. The first-order valence-corrected chi connectivity index (χ1v) is 11.0. The minimum absolute atomic E-state index is 0.0711. The fourth-order valence-corrected chi connectivity index (χ4v) is 4.83. The van der Waals surface area contributed by atoms with Crippen molar-refractivity contribution in [1.82, 2.24) is 19.6 Å². The summed E-state index contributed by atoms with van der Waals surface area (Å²) in [4.78, 5) is 18.7. The summed E-state index contributed by atoms with van der Waals surface area (Å²) in [6.45, 7) is 5.58. The summed E-state index contributed by atoms with van der Waals surface area (Å²) < 4.78 is 2.01. The Morgan fingerprint density at radius 3 is 2.67 bits per heavy atom. The number of amides is 1. The fraction of sp³-hybridized carbons (Fsp3) is 0.600. The number of carbonyl (C=O) groups excluding carboxylic acids is 1. The van der Waals surface area contributed by atoms with Crippen molar-refractivity contribution < 1.29 is 4.79 Å². The highest BCUT2D eigenvalue weighted by Gasteiger charge is 2.22. The van der Waals surface area contributed by atoms with Crippen molar-refractivity contribution in [2.24, 2.45) is 0 Å². The molecule has 146 valence electrons. The van der Waals surface area contributed by atoms with Crippen molar-refractivity contribution in [3.8, 4) is 0 Å². The lowest BCUT2D eigenvalue weighted by Gasteiger charge is -2.34. The first-order chi connectivity index (χ1) is 13.3. The van der Waals surface area contributed by atoms with Gasteiger partial charge in [-0.2, -0.15) is 5.10 Å². The number of nitrogens with one attached hydrogen (secondary N) is 1. The van der Waals surface area contributed by atoms with Crippen molar-refractivity contribution >= 4 is 23.1 Å². The van der Waals surface area contributed by atoms with E-state index in [2.05, 4.69) is 37.7 Å². The third-order valence-electron chi connectivity index (χ3n) is 5.70. The topological polar surface area (TPSA) is 53.4 Å². The van der Waals surface area contributed by atoms with E-state index in [9.17, 15) is 4.79 Å². The summed E-state index contributed by atoms with van der Waals surface area (Å²) in [5.74, 6) is 0.920. The van der Waals surface area contributed by atoms with Gasteiger partial charge in [-0.1, -0.05) is 18.9 Å². The van der Waals surface area contributed by atoms with Crippen molar-refractivity contribution in [3.63, 3.8) is 0 Å². The molecule has 1 amide bonds. The second-order valence-electron chi connectivity index (χ2n) is 7.59. The van der Waals surface area contributed by atoms with Crippen LogP contribution in [0.4, 0.5) is 5.82 Å². The number of nitrogens with zero attached hydrogens (tertiary/aromatic N) is 4. The molecule has 1 saturated carbocycles. The van der Waals surface area contributed by atoms with Crippen LogP contribution in [0.2, 0.25) is 0 Å². The van der Waals surface area contributed by atoms with Crippen LogP contribution in [0.15, 0.2) is 29.8 Å². The summed E-state index contributed by atoms with van der Waals surface area (Å²) in [7, 11) is 0. The zero-order chi connectivity index (χ0) is 18.5. The molecule has 0 atom stereocenters. The van der Waals surface area contributed by atoms with Gasteiger partial charge in [-0.3, -0.25) is 9.69 Å². The summed E-state index contributed by atoms with van der Waals surface area (Å²) in [5.41, 5.74) is 0. The lowest BCUT2D eigenvalue weighted by molar-refractivity contribution is -0.117. The standard InChI is InChI=1S/C20H29N5OS/c26-20(22-19-7-9-21-25(19)17-4-1-2-5-17)16-24-13-11-23(12-14-24)10-8-18-6-3-15-27-18/h3,6-7,9,15,17H,1-2,4-5,8,10-14,16H2,(H,22,26). The molecule has 0 aromatic carbocycles. The van der Waals surface area contributed by atoms with Gasteiger partial charge in [-0.25, -0.2) is 4.68 Å². The number of hydrogen-bond donors (Lipinski definition) is 1. The van der Waals surface area contributed by atoms with Crippen LogP contribution >= 0.6 is 11.3 Å². The Balaban J connectivity index is 1.20. The van der Waals surface area contributed by atoms with Crippen LogP contribution in [0, 0.1) is 0 Å². The minimum atomic E-state index is 0.0711. The van der Waals surface area contributed by atoms with Gasteiger partial charge >= 0.3 is 0 Å². The Bertz CT molecular complexity index is 715. The van der Waals surface area contributed by atoms with E-state index in [4.69, 9.17) is 0 Å². The van der Waals surface area contributed by atoms with Gasteiger partial charge < -0.3 is 10.2 Å². The van der Waals surface area contributed by atoms with Crippen LogP contribution < -0.4 is 5.32 Å². The SMILES string of the molecule is O=C(CN1CCN(CCc2cccs2)CC1)Nc1ccnn1C1CCCC1. The van der Waals surface area contributed by atoms with Gasteiger partial charge in [-0.15, -0.1) is 11.3 Å². The average Bonchev–Trinajstić information content (AvgIpc) is 3.43. The molecule has 1 saturated heterocycles. The predicted octanol–water partition coefficient (Wildman–Crippen LogP) is 2.86. The average molecular weight is 388 g/mol. The molecule has 2 fully saturated rings. The normalized spacial score (nSPS) is 19.6.